The van der Waals surface area contributed by atoms with Gasteiger partial charge in [0.2, 0.25) is 0 Å². The van der Waals surface area contributed by atoms with E-state index >= 15 is 0 Å². The monoisotopic (exact) mass is 284 g/mol. The first-order chi connectivity index (χ1) is 9.19. The number of aryl methyl sites for hydroxylation is 1. The molecule has 4 heteroatoms. The van der Waals surface area contributed by atoms with Crippen molar-refractivity contribution in [3.63, 3.8) is 0 Å². The normalized spacial score (nSPS) is 10.8. The Balaban J connectivity index is 0. The summed E-state index contributed by atoms with van der Waals surface area (Å²) in [5.41, 5.74) is 8.93. The summed E-state index contributed by atoms with van der Waals surface area (Å²) in [5, 5.41) is 3.71. The number of fused-ring (bicyclic) bond motifs is 1. The lowest BCUT2D eigenvalue weighted by atomic mass is 10.0. The van der Waals surface area contributed by atoms with E-state index in [1.165, 1.54) is 12.0 Å². The number of thiol groups is 1. The van der Waals surface area contributed by atoms with Gasteiger partial charge >= 0.3 is 0 Å². The van der Waals surface area contributed by atoms with Crippen molar-refractivity contribution >= 4 is 18.5 Å². The van der Waals surface area contributed by atoms with Crippen molar-refractivity contribution in [2.45, 2.75) is 47.6 Å². The Morgan fingerprint density at radius 1 is 1.26 bits per heavy atom. The van der Waals surface area contributed by atoms with Crippen LogP contribution in [0.25, 0.3) is 0 Å². The van der Waals surface area contributed by atoms with Crippen LogP contribution in [0.4, 0.5) is 0 Å². The molecule has 2 rings (SSSR count). The van der Waals surface area contributed by atoms with Gasteiger partial charge in [0.15, 0.2) is 5.84 Å². The number of nitrogens with two attached hydrogens (primary N) is 1. The number of amidine groups is 1. The maximum absolute atomic E-state index is 5.64. The fourth-order valence-corrected chi connectivity index (χ4v) is 1.28. The quantitative estimate of drug-likeness (QED) is 0.704. The predicted molar refractivity (Wildman–Crippen MR) is 88.9 cm³/mol. The molecule has 1 heterocycles. The van der Waals surface area contributed by atoms with Crippen molar-refractivity contribution < 1.29 is 4.84 Å². The molecular weight excluding hydrogens is 256 g/mol. The first kappa shape index (κ1) is 20.2. The second-order valence-corrected chi connectivity index (χ2v) is 3.62. The molecule has 1 aliphatic rings. The Bertz CT molecular complexity index is 365. The molecule has 0 aliphatic carbocycles. The molecular formula is C15H28N2OS. The number of benzene rings is 1. The van der Waals surface area contributed by atoms with E-state index in [9.17, 15) is 0 Å². The van der Waals surface area contributed by atoms with Crippen LogP contribution in [0, 0.1) is 6.92 Å². The summed E-state index contributed by atoms with van der Waals surface area (Å²) < 4.78 is 0. The van der Waals surface area contributed by atoms with Crippen LogP contribution in [-0.2, 0) is 11.4 Å². The molecule has 0 saturated carbocycles. The second-order valence-electron chi connectivity index (χ2n) is 3.62. The highest BCUT2D eigenvalue weighted by Gasteiger charge is 2.11. The number of hydrogen-bond acceptors (Lipinski definition) is 4. The van der Waals surface area contributed by atoms with Gasteiger partial charge in [-0.15, -0.1) is 0 Å². The van der Waals surface area contributed by atoms with Crippen LogP contribution in [0.2, 0.25) is 0 Å². The summed E-state index contributed by atoms with van der Waals surface area (Å²) in [4.78, 5) is 4.91. The minimum Gasteiger partial charge on any atom is -0.389 e. The summed E-state index contributed by atoms with van der Waals surface area (Å²) in [6.07, 6.45) is 2.94. The van der Waals surface area contributed by atoms with Crippen molar-refractivity contribution in [1.82, 2.24) is 0 Å². The molecule has 2 N–H and O–H groups in total. The standard InChI is InChI=1S/C9H10N2O.C3H8.C2H6.CH4S/c1-6-2-3-7-5-12-11-9(10)8(7)4-6;1-3-2;2*1-2/h2-4H,5H2,1H3,(H2,10,11);3H2,1-2H3;1-2H3;2H,1H3. The van der Waals surface area contributed by atoms with E-state index in [2.05, 4.69) is 31.6 Å². The number of hydrogen-bond donors (Lipinski definition) is 2. The van der Waals surface area contributed by atoms with Gasteiger partial charge in [0.05, 0.1) is 0 Å². The number of rotatable bonds is 0. The van der Waals surface area contributed by atoms with E-state index in [-0.39, 0.29) is 0 Å². The van der Waals surface area contributed by atoms with Crippen molar-refractivity contribution in [2.24, 2.45) is 10.9 Å². The Morgan fingerprint density at radius 3 is 2.32 bits per heavy atom. The minimum absolute atomic E-state index is 0.472. The molecule has 0 amide bonds. The van der Waals surface area contributed by atoms with Crippen LogP contribution in [0.5, 0.6) is 0 Å². The van der Waals surface area contributed by atoms with Gasteiger partial charge < -0.3 is 10.6 Å². The maximum Gasteiger partial charge on any atom is 0.170 e. The van der Waals surface area contributed by atoms with Crippen LogP contribution >= 0.6 is 12.6 Å². The summed E-state index contributed by atoms with van der Waals surface area (Å²) in [6, 6.07) is 6.09. The van der Waals surface area contributed by atoms with Gasteiger partial charge in [-0.05, 0) is 19.2 Å². The lowest BCUT2D eigenvalue weighted by Crippen LogP contribution is -2.20. The van der Waals surface area contributed by atoms with Gasteiger partial charge in [-0.1, -0.05) is 57.0 Å². The fraction of sp³-hybridized carbons (Fsp3) is 0.533. The van der Waals surface area contributed by atoms with Gasteiger partial charge in [0.1, 0.15) is 6.61 Å². The van der Waals surface area contributed by atoms with Crippen LogP contribution in [0.1, 0.15) is 50.8 Å². The second kappa shape index (κ2) is 13.3. The fourth-order valence-electron chi connectivity index (χ4n) is 1.28. The highest BCUT2D eigenvalue weighted by Crippen LogP contribution is 2.16. The Morgan fingerprint density at radius 2 is 1.79 bits per heavy atom. The van der Waals surface area contributed by atoms with Crippen LogP contribution in [0.15, 0.2) is 23.4 Å². The number of oxime groups is 1. The van der Waals surface area contributed by atoms with E-state index in [0.717, 1.165) is 11.1 Å². The summed E-state index contributed by atoms with van der Waals surface area (Å²) in [7, 11) is 0. The molecule has 3 nitrogen and oxygen atoms in total. The van der Waals surface area contributed by atoms with Crippen molar-refractivity contribution in [2.75, 3.05) is 6.26 Å². The summed E-state index contributed by atoms with van der Waals surface area (Å²) in [6.45, 7) is 10.8. The molecule has 0 atom stereocenters. The van der Waals surface area contributed by atoms with Gasteiger partial charge in [-0.25, -0.2) is 0 Å². The van der Waals surface area contributed by atoms with Crippen molar-refractivity contribution in [3.8, 4) is 0 Å². The molecule has 0 unspecified atom stereocenters. The Hall–Kier alpha value is -1.16. The average molecular weight is 284 g/mol. The SMILES string of the molecule is CC.CCC.CS.Cc1ccc2c(c1)C(N)=NOC2. The molecule has 19 heavy (non-hydrogen) atoms. The zero-order chi connectivity index (χ0) is 15.3. The number of nitrogens with zero attached hydrogens (tertiary/aromatic N) is 1. The Labute approximate surface area is 123 Å². The summed E-state index contributed by atoms with van der Waals surface area (Å²) in [5.74, 6) is 0.472. The zero-order valence-electron chi connectivity index (χ0n) is 13.0. The van der Waals surface area contributed by atoms with E-state index in [1.807, 2.05) is 39.0 Å². The topological polar surface area (TPSA) is 47.6 Å². The maximum atomic E-state index is 5.64. The van der Waals surface area contributed by atoms with Gasteiger partial charge in [-0.3, -0.25) is 0 Å². The third-order valence-corrected chi connectivity index (χ3v) is 1.92. The van der Waals surface area contributed by atoms with E-state index in [1.54, 1.807) is 6.26 Å². The minimum atomic E-state index is 0.472. The molecule has 0 radical (unpaired) electrons. The van der Waals surface area contributed by atoms with Gasteiger partial charge in [0.25, 0.3) is 0 Å². The first-order valence-corrected chi connectivity index (χ1v) is 7.58. The highest BCUT2D eigenvalue weighted by atomic mass is 32.1. The van der Waals surface area contributed by atoms with Gasteiger partial charge in [-0.2, -0.15) is 12.6 Å². The molecule has 110 valence electrons. The van der Waals surface area contributed by atoms with E-state index < -0.39 is 0 Å². The lowest BCUT2D eigenvalue weighted by molar-refractivity contribution is 0.125. The third-order valence-electron chi connectivity index (χ3n) is 1.92. The molecule has 0 spiro atoms. The van der Waals surface area contributed by atoms with Crippen molar-refractivity contribution in [1.29, 1.82) is 0 Å². The average Bonchev–Trinajstić information content (AvgIpc) is 2.45. The lowest BCUT2D eigenvalue weighted by Gasteiger charge is -2.13. The predicted octanol–water partition coefficient (Wildman–Crippen LogP) is 4.13. The van der Waals surface area contributed by atoms with Crippen LogP contribution < -0.4 is 5.73 Å². The van der Waals surface area contributed by atoms with Crippen LogP contribution in [-0.4, -0.2) is 12.1 Å². The molecule has 0 bridgehead atoms. The zero-order valence-corrected chi connectivity index (χ0v) is 13.9. The third kappa shape index (κ3) is 7.78. The van der Waals surface area contributed by atoms with E-state index in [4.69, 9.17) is 10.6 Å². The molecule has 0 fully saturated rings. The molecule has 1 aromatic carbocycles. The highest BCUT2D eigenvalue weighted by molar-refractivity contribution is 7.79. The first-order valence-electron chi connectivity index (χ1n) is 6.69. The van der Waals surface area contributed by atoms with Gasteiger partial charge in [0, 0.05) is 11.1 Å². The largest absolute Gasteiger partial charge is 0.389 e. The Kier molecular flexibility index (Phi) is 14.1. The summed E-state index contributed by atoms with van der Waals surface area (Å²) >= 11 is 3.53. The molecule has 0 saturated heterocycles. The molecule has 1 aliphatic heterocycles. The molecule has 1 aromatic rings. The van der Waals surface area contributed by atoms with Crippen LogP contribution in [0.3, 0.4) is 0 Å². The van der Waals surface area contributed by atoms with E-state index in [0.29, 0.717) is 12.4 Å². The van der Waals surface area contributed by atoms with Crippen molar-refractivity contribution in [3.05, 3.63) is 34.9 Å². The smallest absolute Gasteiger partial charge is 0.170 e. The molecule has 0 aromatic heterocycles.